The first-order valence-corrected chi connectivity index (χ1v) is 9.11. The lowest BCUT2D eigenvalue weighted by Gasteiger charge is -2.08. The number of hydrogen-bond donors (Lipinski definition) is 2. The van der Waals surface area contributed by atoms with Gasteiger partial charge in [0.1, 0.15) is 5.75 Å². The van der Waals surface area contributed by atoms with Gasteiger partial charge in [0.05, 0.1) is 17.5 Å². The molecular weight excluding hydrogens is 346 g/mol. The molecular formula is C20H19N3O2S. The number of phenolic OH excluding ortho intramolecular Hbond substituents is 1. The highest BCUT2D eigenvalue weighted by atomic mass is 32.2. The van der Waals surface area contributed by atoms with Crippen molar-refractivity contribution in [3.05, 3.63) is 65.4 Å². The summed E-state index contributed by atoms with van der Waals surface area (Å²) in [6.45, 7) is 3.99. The molecule has 26 heavy (non-hydrogen) atoms. The smallest absolute Gasteiger partial charge is 0.250 e. The molecule has 3 rings (SSSR count). The van der Waals surface area contributed by atoms with Crippen molar-refractivity contribution in [3.63, 3.8) is 0 Å². The van der Waals surface area contributed by atoms with E-state index in [0.29, 0.717) is 5.56 Å². The van der Waals surface area contributed by atoms with E-state index in [1.807, 2.05) is 32.0 Å². The summed E-state index contributed by atoms with van der Waals surface area (Å²) < 4.78 is 0. The summed E-state index contributed by atoms with van der Waals surface area (Å²) in [5.41, 5.74) is 6.23. The Morgan fingerprint density at radius 1 is 1.23 bits per heavy atom. The molecule has 0 aliphatic carbocycles. The summed E-state index contributed by atoms with van der Waals surface area (Å²) >= 11 is 1.46. The summed E-state index contributed by atoms with van der Waals surface area (Å²) in [7, 11) is 0. The Morgan fingerprint density at radius 2 is 2.08 bits per heavy atom. The zero-order chi connectivity index (χ0) is 18.5. The minimum atomic E-state index is -0.193. The van der Waals surface area contributed by atoms with Crippen LogP contribution in [0.3, 0.4) is 0 Å². The van der Waals surface area contributed by atoms with Crippen LogP contribution in [0.5, 0.6) is 5.75 Å². The molecule has 0 saturated carbocycles. The van der Waals surface area contributed by atoms with Crippen LogP contribution in [0.15, 0.2) is 58.5 Å². The highest BCUT2D eigenvalue weighted by Gasteiger charge is 2.08. The minimum absolute atomic E-state index is 0.158. The van der Waals surface area contributed by atoms with Crippen LogP contribution in [-0.4, -0.2) is 28.0 Å². The van der Waals surface area contributed by atoms with Gasteiger partial charge in [0.25, 0.3) is 0 Å². The Hall–Kier alpha value is -2.86. The number of benzene rings is 2. The summed E-state index contributed by atoms with van der Waals surface area (Å²) in [6.07, 6.45) is 1.50. The molecule has 1 aromatic heterocycles. The van der Waals surface area contributed by atoms with Gasteiger partial charge in [-0.2, -0.15) is 5.10 Å². The maximum absolute atomic E-state index is 12.1. The van der Waals surface area contributed by atoms with Gasteiger partial charge in [0.15, 0.2) is 0 Å². The molecule has 0 aliphatic rings. The van der Waals surface area contributed by atoms with E-state index in [1.165, 1.54) is 18.0 Å². The van der Waals surface area contributed by atoms with E-state index >= 15 is 0 Å². The molecule has 0 fully saturated rings. The summed E-state index contributed by atoms with van der Waals surface area (Å²) in [5, 5.41) is 14.4. The van der Waals surface area contributed by atoms with Gasteiger partial charge < -0.3 is 5.11 Å². The van der Waals surface area contributed by atoms with Crippen molar-refractivity contribution in [2.45, 2.75) is 18.7 Å². The Kier molecular flexibility index (Phi) is 5.53. The van der Waals surface area contributed by atoms with Gasteiger partial charge in [0, 0.05) is 16.0 Å². The third-order valence-electron chi connectivity index (χ3n) is 3.69. The molecule has 0 bridgehead atoms. The fourth-order valence-electron chi connectivity index (χ4n) is 2.51. The number of hydrogen-bond acceptors (Lipinski definition) is 5. The van der Waals surface area contributed by atoms with Crippen molar-refractivity contribution in [2.75, 3.05) is 5.75 Å². The van der Waals surface area contributed by atoms with Crippen LogP contribution >= 0.6 is 11.8 Å². The molecule has 6 heteroatoms. The first kappa shape index (κ1) is 17.9. The Labute approximate surface area is 156 Å². The highest BCUT2D eigenvalue weighted by molar-refractivity contribution is 8.00. The van der Waals surface area contributed by atoms with E-state index in [-0.39, 0.29) is 17.4 Å². The number of rotatable bonds is 5. The number of fused-ring (bicyclic) bond motifs is 1. The number of carbonyl (C=O) groups excluding carboxylic acids is 1. The second kappa shape index (κ2) is 8.01. The van der Waals surface area contributed by atoms with Crippen molar-refractivity contribution in [2.24, 2.45) is 5.10 Å². The van der Waals surface area contributed by atoms with Crippen molar-refractivity contribution in [1.82, 2.24) is 10.4 Å². The van der Waals surface area contributed by atoms with E-state index in [1.54, 1.807) is 24.3 Å². The van der Waals surface area contributed by atoms with Crippen LogP contribution < -0.4 is 5.43 Å². The van der Waals surface area contributed by atoms with E-state index in [9.17, 15) is 9.90 Å². The van der Waals surface area contributed by atoms with Crippen LogP contribution in [0.2, 0.25) is 0 Å². The average Bonchev–Trinajstić information content (AvgIpc) is 2.60. The van der Waals surface area contributed by atoms with Crippen LogP contribution in [-0.2, 0) is 4.79 Å². The lowest BCUT2D eigenvalue weighted by molar-refractivity contribution is -0.118. The molecule has 0 radical (unpaired) electrons. The molecule has 0 unspecified atom stereocenters. The number of aryl methyl sites for hydroxylation is 2. The topological polar surface area (TPSA) is 74.6 Å². The van der Waals surface area contributed by atoms with Gasteiger partial charge in [-0.1, -0.05) is 23.8 Å². The fourth-order valence-corrected chi connectivity index (χ4v) is 3.44. The number of hydrazone groups is 1. The third-order valence-corrected chi connectivity index (χ3v) is 4.74. The van der Waals surface area contributed by atoms with Crippen LogP contribution in [0.1, 0.15) is 16.8 Å². The van der Waals surface area contributed by atoms with Crippen LogP contribution in [0, 0.1) is 13.8 Å². The van der Waals surface area contributed by atoms with Gasteiger partial charge in [-0.3, -0.25) is 9.78 Å². The van der Waals surface area contributed by atoms with Gasteiger partial charge in [-0.15, -0.1) is 11.8 Å². The molecule has 1 amide bonds. The van der Waals surface area contributed by atoms with Crippen LogP contribution in [0.4, 0.5) is 0 Å². The van der Waals surface area contributed by atoms with Crippen molar-refractivity contribution < 1.29 is 9.90 Å². The normalized spacial score (nSPS) is 11.2. The number of amides is 1. The van der Waals surface area contributed by atoms with Crippen LogP contribution in [0.25, 0.3) is 10.9 Å². The number of thioether (sulfide) groups is 1. The Bertz CT molecular complexity index is 986. The molecule has 2 N–H and O–H groups in total. The number of phenols is 1. The first-order chi connectivity index (χ1) is 12.5. The van der Waals surface area contributed by atoms with Gasteiger partial charge in [-0.25, -0.2) is 5.43 Å². The predicted octanol–water partition coefficient (Wildman–Crippen LogP) is 3.80. The standard InChI is InChI=1S/C20H19N3O2S/c1-13-6-7-18-17(8-13)19(9-14(2)22-18)26-12-20(25)23-21-11-15-4-3-5-16(24)10-15/h3-11,24H,12H2,1-2H3,(H,23,25). The first-order valence-electron chi connectivity index (χ1n) is 8.13. The lowest BCUT2D eigenvalue weighted by Crippen LogP contribution is -2.19. The van der Waals surface area contributed by atoms with E-state index in [4.69, 9.17) is 0 Å². The molecule has 2 aromatic carbocycles. The third kappa shape index (κ3) is 4.61. The summed E-state index contributed by atoms with van der Waals surface area (Å²) in [4.78, 5) is 17.6. The second-order valence-electron chi connectivity index (χ2n) is 5.96. The molecule has 0 saturated heterocycles. The van der Waals surface area contributed by atoms with Crippen molar-refractivity contribution in [3.8, 4) is 5.75 Å². The zero-order valence-corrected chi connectivity index (χ0v) is 15.4. The molecule has 0 spiro atoms. The van der Waals surface area contributed by atoms with Gasteiger partial charge >= 0.3 is 0 Å². The summed E-state index contributed by atoms with van der Waals surface area (Å²) in [5.74, 6) is 0.219. The number of aromatic nitrogens is 1. The second-order valence-corrected chi connectivity index (χ2v) is 6.98. The van der Waals surface area contributed by atoms with Gasteiger partial charge in [0.2, 0.25) is 5.91 Å². The Balaban J connectivity index is 1.64. The molecule has 0 aliphatic heterocycles. The van der Waals surface area contributed by atoms with E-state index in [0.717, 1.165) is 27.1 Å². The quantitative estimate of drug-likeness (QED) is 0.410. The van der Waals surface area contributed by atoms with E-state index in [2.05, 4.69) is 21.6 Å². The Morgan fingerprint density at radius 3 is 2.88 bits per heavy atom. The maximum atomic E-state index is 12.1. The number of nitrogens with one attached hydrogen (secondary N) is 1. The number of aromatic hydroxyl groups is 1. The minimum Gasteiger partial charge on any atom is -0.508 e. The molecule has 1 heterocycles. The molecule has 0 atom stereocenters. The molecule has 3 aromatic rings. The number of carbonyl (C=O) groups is 1. The zero-order valence-electron chi connectivity index (χ0n) is 14.6. The number of nitrogens with zero attached hydrogens (tertiary/aromatic N) is 2. The fraction of sp³-hybridized carbons (Fsp3) is 0.150. The van der Waals surface area contributed by atoms with Crippen molar-refractivity contribution >= 4 is 34.8 Å². The molecule has 132 valence electrons. The lowest BCUT2D eigenvalue weighted by atomic mass is 10.1. The monoisotopic (exact) mass is 365 g/mol. The SMILES string of the molecule is Cc1ccc2nc(C)cc(SCC(=O)NN=Cc3cccc(O)c3)c2c1. The maximum Gasteiger partial charge on any atom is 0.250 e. The van der Waals surface area contributed by atoms with Crippen molar-refractivity contribution in [1.29, 1.82) is 0 Å². The average molecular weight is 365 g/mol. The predicted molar refractivity (Wildman–Crippen MR) is 106 cm³/mol. The number of pyridine rings is 1. The van der Waals surface area contributed by atoms with E-state index < -0.39 is 0 Å². The molecule has 5 nitrogen and oxygen atoms in total. The highest BCUT2D eigenvalue weighted by Crippen LogP contribution is 2.28. The largest absolute Gasteiger partial charge is 0.508 e. The summed E-state index contributed by atoms with van der Waals surface area (Å²) in [6, 6.07) is 14.8. The van der Waals surface area contributed by atoms with Gasteiger partial charge in [-0.05, 0) is 49.7 Å².